The van der Waals surface area contributed by atoms with Gasteiger partial charge in [-0.15, -0.1) is 0 Å². The second-order valence-corrected chi connectivity index (χ2v) is 18.3. The van der Waals surface area contributed by atoms with Crippen molar-refractivity contribution in [2.24, 2.45) is 17.8 Å². The number of rotatable bonds is 11. The minimum atomic E-state index is -1.76. The Bertz CT molecular complexity index is 1400. The first-order valence-electron chi connectivity index (χ1n) is 21.9. The van der Waals surface area contributed by atoms with Crippen LogP contribution in [0.25, 0.3) is 0 Å². The van der Waals surface area contributed by atoms with Gasteiger partial charge in [0.05, 0.1) is 61.4 Å². The zero-order valence-corrected chi connectivity index (χ0v) is 34.2. The average Bonchev–Trinajstić information content (AvgIpc) is 3.24. The molecule has 3 saturated carbocycles. The molecule has 21 nitrogen and oxygen atoms in total. The molecular weight excluding hydrogens is 816 g/mol. The van der Waals surface area contributed by atoms with Crippen LogP contribution >= 0.6 is 0 Å². The number of hydrogen-bond donors (Lipinski definition) is 12. The molecule has 0 spiro atoms. The molecular formula is C40H66O21. The molecule has 0 radical (unpaired) electrons. The molecule has 0 bridgehead atoms. The Morgan fingerprint density at radius 2 is 1.08 bits per heavy atom. The normalized spacial score (nSPS) is 52.2. The van der Waals surface area contributed by atoms with Gasteiger partial charge in [-0.05, 0) is 70.6 Å². The maximum atomic E-state index is 12.7. The highest BCUT2D eigenvalue weighted by molar-refractivity contribution is 5.72. The Hall–Kier alpha value is -1.29. The summed E-state index contributed by atoms with van der Waals surface area (Å²) in [6, 6.07) is 0. The van der Waals surface area contributed by atoms with E-state index in [1.807, 2.05) is 0 Å². The number of ether oxygens (including phenoxy) is 8. The Labute approximate surface area is 353 Å². The quantitative estimate of drug-likeness (QED) is 0.0875. The molecule has 0 aromatic carbocycles. The fourth-order valence-electron chi connectivity index (χ4n) is 10.1. The van der Waals surface area contributed by atoms with Crippen LogP contribution in [0.3, 0.4) is 0 Å². The molecule has 7 aliphatic rings. The number of carbonyl (C=O) groups excluding carboxylic acids is 1. The summed E-state index contributed by atoms with van der Waals surface area (Å²) in [7, 11) is 0. The van der Waals surface area contributed by atoms with Crippen LogP contribution in [0.15, 0.2) is 0 Å². The van der Waals surface area contributed by atoms with E-state index in [1.165, 1.54) is 6.92 Å². The Balaban J connectivity index is 0.991. The Morgan fingerprint density at radius 3 is 1.70 bits per heavy atom. The van der Waals surface area contributed by atoms with Crippen molar-refractivity contribution < 1.29 is 104 Å². The van der Waals surface area contributed by atoms with Crippen molar-refractivity contribution >= 4 is 5.97 Å². The number of aliphatic hydroxyl groups excluding tert-OH is 12. The molecule has 6 unspecified atom stereocenters. The first kappa shape index (κ1) is 47.7. The SMILES string of the molecule is C[C@@H]1O[C@@H](OC[C@H]2O[C@@H](OC3CC4C(O)CC(O[C@@H]5O[C@H](COC(=O)C6CCC(O)CC6)[C@@H](O)[C@H](O)[C@H]5O)CC4OC3C3CCC(O)CC3)[C@H](O)[C@@H](O)[C@@H]2O)[C@H](O)[C@H](O)[C@H]1O. The minimum Gasteiger partial charge on any atom is -0.463 e. The lowest BCUT2D eigenvalue weighted by Gasteiger charge is -2.51. The van der Waals surface area contributed by atoms with Crippen molar-refractivity contribution in [1.29, 1.82) is 0 Å². The van der Waals surface area contributed by atoms with Gasteiger partial charge in [0.1, 0.15) is 73.8 Å². The molecule has 12 N–H and O–H groups in total. The topological polar surface area (TPSA) is 334 Å². The Kier molecular flexibility index (Phi) is 16.0. The zero-order valence-electron chi connectivity index (χ0n) is 34.2. The summed E-state index contributed by atoms with van der Waals surface area (Å²) in [5.74, 6) is -1.61. The van der Waals surface area contributed by atoms with Gasteiger partial charge in [-0.2, -0.15) is 0 Å². The van der Waals surface area contributed by atoms with Crippen LogP contribution in [0.1, 0.15) is 77.6 Å². The predicted molar refractivity (Wildman–Crippen MR) is 200 cm³/mol. The molecule has 0 amide bonds. The molecule has 21 atom stereocenters. The van der Waals surface area contributed by atoms with E-state index in [4.69, 9.17) is 37.9 Å². The van der Waals surface area contributed by atoms with Gasteiger partial charge < -0.3 is 99.2 Å². The summed E-state index contributed by atoms with van der Waals surface area (Å²) < 4.78 is 47.6. The summed E-state index contributed by atoms with van der Waals surface area (Å²) >= 11 is 0. The van der Waals surface area contributed by atoms with Gasteiger partial charge >= 0.3 is 5.97 Å². The zero-order chi connectivity index (χ0) is 43.9. The van der Waals surface area contributed by atoms with E-state index in [2.05, 4.69) is 0 Å². The predicted octanol–water partition coefficient (Wildman–Crippen LogP) is -4.21. The lowest BCUT2D eigenvalue weighted by Crippen LogP contribution is -2.63. The lowest BCUT2D eigenvalue weighted by atomic mass is 9.73. The first-order valence-corrected chi connectivity index (χ1v) is 21.9. The van der Waals surface area contributed by atoms with Gasteiger partial charge in [0.25, 0.3) is 0 Å². The van der Waals surface area contributed by atoms with Gasteiger partial charge in [-0.3, -0.25) is 4.79 Å². The van der Waals surface area contributed by atoms with Crippen molar-refractivity contribution in [3.8, 4) is 0 Å². The highest BCUT2D eigenvalue weighted by Gasteiger charge is 2.54. The molecule has 352 valence electrons. The van der Waals surface area contributed by atoms with Gasteiger partial charge in [0, 0.05) is 18.8 Å². The van der Waals surface area contributed by atoms with Crippen molar-refractivity contribution in [1.82, 2.24) is 0 Å². The van der Waals surface area contributed by atoms with E-state index in [0.29, 0.717) is 51.4 Å². The standard InChI is InChI=1S/C40H66O21/c1-15-27(44)30(47)33(50)38(56-15)55-14-26-29(46)32(49)35(52)40(61-26)59-24-12-21-22(43)10-20(11-23(21)58-36(24)16-2-6-18(41)7-3-16)57-39-34(51)31(48)28(45)25(60-39)13-54-37(53)17-4-8-19(42)9-5-17/h15-36,38-52H,2-14H2,1H3/t15-,16?,17?,18?,19?,20?,21?,22?,23?,24?,25+,26+,27-,28+,29+,30+,31-,32-,33+,34+,35+,36?,38+,39+,40+/m0/s1. The van der Waals surface area contributed by atoms with Crippen LogP contribution in [0.4, 0.5) is 0 Å². The van der Waals surface area contributed by atoms with Gasteiger partial charge in [-0.25, -0.2) is 0 Å². The summed E-state index contributed by atoms with van der Waals surface area (Å²) in [4.78, 5) is 12.7. The maximum Gasteiger partial charge on any atom is 0.309 e. The van der Waals surface area contributed by atoms with Gasteiger partial charge in [-0.1, -0.05) is 0 Å². The largest absolute Gasteiger partial charge is 0.463 e. The van der Waals surface area contributed by atoms with Crippen LogP contribution < -0.4 is 0 Å². The smallest absolute Gasteiger partial charge is 0.309 e. The molecule has 3 aliphatic carbocycles. The number of carbonyl (C=O) groups is 1. The van der Waals surface area contributed by atoms with E-state index in [9.17, 15) is 66.1 Å². The van der Waals surface area contributed by atoms with Crippen LogP contribution in [-0.2, 0) is 42.7 Å². The average molecular weight is 883 g/mol. The van der Waals surface area contributed by atoms with Crippen molar-refractivity contribution in [2.45, 2.75) is 212 Å². The van der Waals surface area contributed by atoms with E-state index in [-0.39, 0.29) is 25.2 Å². The number of aliphatic hydroxyl groups is 12. The fraction of sp³-hybridized carbons (Fsp3) is 0.975. The molecule has 0 aromatic rings. The van der Waals surface area contributed by atoms with Crippen molar-refractivity contribution in [3.63, 3.8) is 0 Å². The molecule has 61 heavy (non-hydrogen) atoms. The van der Waals surface area contributed by atoms with Crippen molar-refractivity contribution in [3.05, 3.63) is 0 Å². The molecule has 7 fully saturated rings. The third-order valence-corrected chi connectivity index (χ3v) is 14.0. The first-order chi connectivity index (χ1) is 29.0. The molecule has 21 heteroatoms. The van der Waals surface area contributed by atoms with Crippen LogP contribution in [0.2, 0.25) is 0 Å². The maximum absolute atomic E-state index is 12.7. The molecule has 7 rings (SSSR count). The van der Waals surface area contributed by atoms with Crippen LogP contribution in [-0.4, -0.2) is 215 Å². The summed E-state index contributed by atoms with van der Waals surface area (Å²) in [5.41, 5.74) is 0. The second kappa shape index (κ2) is 20.5. The van der Waals surface area contributed by atoms with E-state index < -0.39 is 166 Å². The van der Waals surface area contributed by atoms with E-state index >= 15 is 0 Å². The fourth-order valence-corrected chi connectivity index (χ4v) is 10.1. The number of fused-ring (bicyclic) bond motifs is 1. The minimum absolute atomic E-state index is 0.0439. The highest BCUT2D eigenvalue weighted by atomic mass is 16.7. The number of hydrogen-bond acceptors (Lipinski definition) is 21. The van der Waals surface area contributed by atoms with Gasteiger partial charge in [0.2, 0.25) is 0 Å². The summed E-state index contributed by atoms with van der Waals surface area (Å²) in [6.07, 6.45) is -23.0. The molecule has 0 aromatic heterocycles. The monoisotopic (exact) mass is 882 g/mol. The summed E-state index contributed by atoms with van der Waals surface area (Å²) in [5, 5.41) is 127. The third-order valence-electron chi connectivity index (χ3n) is 14.0. The molecule has 4 saturated heterocycles. The lowest BCUT2D eigenvalue weighted by molar-refractivity contribution is -0.348. The van der Waals surface area contributed by atoms with E-state index in [1.54, 1.807) is 0 Å². The Morgan fingerprint density at radius 1 is 0.541 bits per heavy atom. The molecule has 4 heterocycles. The second-order valence-electron chi connectivity index (χ2n) is 18.3. The van der Waals surface area contributed by atoms with Crippen LogP contribution in [0, 0.1) is 17.8 Å². The highest BCUT2D eigenvalue weighted by Crippen LogP contribution is 2.44. The number of esters is 1. The molecule has 4 aliphatic heterocycles. The van der Waals surface area contributed by atoms with Crippen LogP contribution in [0.5, 0.6) is 0 Å². The van der Waals surface area contributed by atoms with Gasteiger partial charge in [0.15, 0.2) is 18.9 Å². The third kappa shape index (κ3) is 10.7. The van der Waals surface area contributed by atoms with E-state index in [0.717, 1.165) is 0 Å². The summed E-state index contributed by atoms with van der Waals surface area (Å²) in [6.45, 7) is 0.574. The van der Waals surface area contributed by atoms with Crippen molar-refractivity contribution in [2.75, 3.05) is 13.2 Å².